The Morgan fingerprint density at radius 1 is 1.11 bits per heavy atom. The molecule has 5 nitrogen and oxygen atoms in total. The van der Waals surface area contributed by atoms with Crippen LogP contribution in [0.2, 0.25) is 0 Å². The quantitative estimate of drug-likeness (QED) is 0.513. The molecule has 0 aromatic carbocycles. The first-order valence-corrected chi connectivity index (χ1v) is 6.20. The van der Waals surface area contributed by atoms with Crippen molar-refractivity contribution in [2.45, 2.75) is 34.1 Å². The summed E-state index contributed by atoms with van der Waals surface area (Å²) in [6, 6.07) is 2.01. The third-order valence-electron chi connectivity index (χ3n) is 2.37. The van der Waals surface area contributed by atoms with Crippen LogP contribution in [-0.2, 0) is 19.1 Å². The Bertz CT molecular complexity index is 301. The summed E-state index contributed by atoms with van der Waals surface area (Å²) in [5, 5.41) is 9.11. The van der Waals surface area contributed by atoms with E-state index in [0.717, 1.165) is 0 Å². The van der Waals surface area contributed by atoms with E-state index in [-0.39, 0.29) is 19.1 Å². The molecule has 0 aliphatic rings. The van der Waals surface area contributed by atoms with E-state index < -0.39 is 23.8 Å². The van der Waals surface area contributed by atoms with Crippen LogP contribution in [0.1, 0.15) is 34.1 Å². The predicted octanol–water partition coefficient (Wildman–Crippen LogP) is 1.91. The molecule has 0 unspecified atom stereocenters. The third kappa shape index (κ3) is 5.17. The molecule has 0 radical (unpaired) electrons. The molecular formula is C13H21NO4. The number of nitriles is 1. The number of ether oxygens (including phenoxy) is 2. The van der Waals surface area contributed by atoms with Crippen LogP contribution in [0.25, 0.3) is 0 Å². The first kappa shape index (κ1) is 16.4. The van der Waals surface area contributed by atoms with E-state index in [2.05, 4.69) is 0 Å². The molecule has 0 bridgehead atoms. The summed E-state index contributed by atoms with van der Waals surface area (Å²) < 4.78 is 9.69. The number of hydrogen-bond acceptors (Lipinski definition) is 5. The second-order valence-electron chi connectivity index (χ2n) is 4.35. The van der Waals surface area contributed by atoms with E-state index in [1.807, 2.05) is 19.9 Å². The first-order valence-electron chi connectivity index (χ1n) is 6.20. The molecular weight excluding hydrogens is 234 g/mol. The standard InChI is InChI=1S/C13H21NO4/c1-5-17-12(15)11(13(16)18-6-2)10(8-14)7-9(3)4/h9-11H,5-7H2,1-4H3/t10-/m1/s1. The molecule has 102 valence electrons. The molecule has 0 aromatic rings. The predicted molar refractivity (Wildman–Crippen MR) is 65.3 cm³/mol. The summed E-state index contributed by atoms with van der Waals surface area (Å²) in [6.07, 6.45) is 0.457. The fourth-order valence-electron chi connectivity index (χ4n) is 1.66. The van der Waals surface area contributed by atoms with Gasteiger partial charge in [0.1, 0.15) is 0 Å². The summed E-state index contributed by atoms with van der Waals surface area (Å²) in [4.78, 5) is 23.5. The largest absolute Gasteiger partial charge is 0.465 e. The zero-order valence-electron chi connectivity index (χ0n) is 11.4. The molecule has 0 aromatic heterocycles. The summed E-state index contributed by atoms with van der Waals surface area (Å²) >= 11 is 0. The first-order chi connectivity index (χ1) is 8.47. The van der Waals surface area contributed by atoms with E-state index in [4.69, 9.17) is 14.7 Å². The Hall–Kier alpha value is -1.57. The minimum atomic E-state index is -1.14. The highest BCUT2D eigenvalue weighted by Gasteiger charge is 2.37. The Kier molecular flexibility index (Phi) is 7.77. The fraction of sp³-hybridized carbons (Fsp3) is 0.769. The number of nitrogens with zero attached hydrogens (tertiary/aromatic N) is 1. The van der Waals surface area contributed by atoms with Crippen molar-refractivity contribution < 1.29 is 19.1 Å². The van der Waals surface area contributed by atoms with Crippen LogP contribution >= 0.6 is 0 Å². The number of carbonyl (C=O) groups excluding carboxylic acids is 2. The molecule has 5 heteroatoms. The Balaban J connectivity index is 4.99. The Morgan fingerprint density at radius 2 is 1.56 bits per heavy atom. The fourth-order valence-corrected chi connectivity index (χ4v) is 1.66. The molecule has 0 rings (SSSR count). The topological polar surface area (TPSA) is 76.4 Å². The molecule has 0 fully saturated rings. The molecule has 0 aliphatic heterocycles. The molecule has 0 saturated heterocycles. The summed E-state index contributed by atoms with van der Waals surface area (Å²) in [7, 11) is 0. The van der Waals surface area contributed by atoms with Crippen molar-refractivity contribution in [3.8, 4) is 6.07 Å². The summed E-state index contributed by atoms with van der Waals surface area (Å²) in [5.41, 5.74) is 0. The number of carbonyl (C=O) groups is 2. The minimum Gasteiger partial charge on any atom is -0.465 e. The van der Waals surface area contributed by atoms with Crippen molar-refractivity contribution in [3.63, 3.8) is 0 Å². The summed E-state index contributed by atoms with van der Waals surface area (Å²) in [5.74, 6) is -2.99. The lowest BCUT2D eigenvalue weighted by Gasteiger charge is -2.20. The highest BCUT2D eigenvalue weighted by molar-refractivity contribution is 5.95. The Morgan fingerprint density at radius 3 is 1.83 bits per heavy atom. The van der Waals surface area contributed by atoms with Gasteiger partial charge in [0.15, 0.2) is 5.92 Å². The lowest BCUT2D eigenvalue weighted by Crippen LogP contribution is -2.34. The number of hydrogen-bond donors (Lipinski definition) is 0. The number of esters is 2. The van der Waals surface area contributed by atoms with Crippen molar-refractivity contribution in [2.24, 2.45) is 17.8 Å². The maximum Gasteiger partial charge on any atom is 0.321 e. The average molecular weight is 255 g/mol. The van der Waals surface area contributed by atoms with Gasteiger partial charge in [0.25, 0.3) is 0 Å². The monoisotopic (exact) mass is 255 g/mol. The van der Waals surface area contributed by atoms with Crippen molar-refractivity contribution in [3.05, 3.63) is 0 Å². The highest BCUT2D eigenvalue weighted by atomic mass is 16.6. The Labute approximate surface area is 108 Å². The van der Waals surface area contributed by atoms with Crippen LogP contribution < -0.4 is 0 Å². The van der Waals surface area contributed by atoms with Crippen molar-refractivity contribution >= 4 is 11.9 Å². The molecule has 18 heavy (non-hydrogen) atoms. The van der Waals surface area contributed by atoms with Crippen LogP contribution in [0, 0.1) is 29.1 Å². The number of rotatable bonds is 7. The lowest BCUT2D eigenvalue weighted by atomic mass is 9.86. The average Bonchev–Trinajstić information content (AvgIpc) is 2.28. The van der Waals surface area contributed by atoms with Gasteiger partial charge in [-0.1, -0.05) is 13.8 Å². The molecule has 0 N–H and O–H groups in total. The zero-order valence-corrected chi connectivity index (χ0v) is 11.4. The van der Waals surface area contributed by atoms with Crippen LogP contribution in [-0.4, -0.2) is 25.2 Å². The molecule has 0 spiro atoms. The maximum atomic E-state index is 11.8. The van der Waals surface area contributed by atoms with E-state index in [0.29, 0.717) is 6.42 Å². The van der Waals surface area contributed by atoms with Gasteiger partial charge in [-0.15, -0.1) is 0 Å². The lowest BCUT2D eigenvalue weighted by molar-refractivity contribution is -0.163. The van der Waals surface area contributed by atoms with Gasteiger partial charge in [-0.2, -0.15) is 5.26 Å². The van der Waals surface area contributed by atoms with E-state index in [1.54, 1.807) is 13.8 Å². The molecule has 0 aliphatic carbocycles. The molecule has 0 saturated carbocycles. The second kappa shape index (κ2) is 8.51. The summed E-state index contributed by atoms with van der Waals surface area (Å²) in [6.45, 7) is 7.52. The van der Waals surface area contributed by atoms with Gasteiger partial charge < -0.3 is 9.47 Å². The van der Waals surface area contributed by atoms with Crippen LogP contribution in [0.4, 0.5) is 0 Å². The SMILES string of the molecule is CCOC(=O)C(C(=O)OCC)[C@@H](C#N)CC(C)C. The second-order valence-corrected chi connectivity index (χ2v) is 4.35. The molecule has 0 heterocycles. The van der Waals surface area contributed by atoms with Gasteiger partial charge in [-0.05, 0) is 26.2 Å². The van der Waals surface area contributed by atoms with E-state index in [9.17, 15) is 9.59 Å². The zero-order chi connectivity index (χ0) is 14.1. The van der Waals surface area contributed by atoms with Crippen LogP contribution in [0.5, 0.6) is 0 Å². The van der Waals surface area contributed by atoms with Gasteiger partial charge in [0.05, 0.1) is 25.2 Å². The van der Waals surface area contributed by atoms with Crippen molar-refractivity contribution in [1.82, 2.24) is 0 Å². The molecule has 0 amide bonds. The normalized spacial score (nSPS) is 12.1. The van der Waals surface area contributed by atoms with Crippen LogP contribution in [0.15, 0.2) is 0 Å². The van der Waals surface area contributed by atoms with E-state index >= 15 is 0 Å². The molecule has 1 atom stereocenters. The van der Waals surface area contributed by atoms with Gasteiger partial charge >= 0.3 is 11.9 Å². The van der Waals surface area contributed by atoms with Gasteiger partial charge in [-0.3, -0.25) is 9.59 Å². The maximum absolute atomic E-state index is 11.8. The van der Waals surface area contributed by atoms with E-state index in [1.165, 1.54) is 0 Å². The van der Waals surface area contributed by atoms with Crippen molar-refractivity contribution in [1.29, 1.82) is 5.26 Å². The smallest absolute Gasteiger partial charge is 0.321 e. The van der Waals surface area contributed by atoms with Crippen LogP contribution in [0.3, 0.4) is 0 Å². The van der Waals surface area contributed by atoms with Gasteiger partial charge in [0.2, 0.25) is 0 Å². The third-order valence-corrected chi connectivity index (χ3v) is 2.37. The highest BCUT2D eigenvalue weighted by Crippen LogP contribution is 2.23. The van der Waals surface area contributed by atoms with Crippen molar-refractivity contribution in [2.75, 3.05) is 13.2 Å². The van der Waals surface area contributed by atoms with Gasteiger partial charge in [-0.25, -0.2) is 0 Å². The van der Waals surface area contributed by atoms with Gasteiger partial charge in [0, 0.05) is 0 Å². The minimum absolute atomic E-state index is 0.175.